The second-order valence-corrected chi connectivity index (χ2v) is 4.83. The summed E-state index contributed by atoms with van der Waals surface area (Å²) in [7, 11) is 0. The molecule has 1 aromatic carbocycles. The Labute approximate surface area is 117 Å². The van der Waals surface area contributed by atoms with Crippen LogP contribution in [0, 0.1) is 11.6 Å². The molecule has 0 bridgehead atoms. The lowest BCUT2D eigenvalue weighted by Gasteiger charge is -2.27. The van der Waals surface area contributed by atoms with Crippen molar-refractivity contribution in [2.45, 2.75) is 6.42 Å². The van der Waals surface area contributed by atoms with E-state index in [4.69, 9.17) is 0 Å². The average molecular weight is 283 g/mol. The first kappa shape index (κ1) is 14.9. The molecule has 0 saturated carbocycles. The SMILES string of the molecule is O=C(Cc1cccc(F)c1F)NCCN1CCNCC1. The summed E-state index contributed by atoms with van der Waals surface area (Å²) in [5.41, 5.74) is 0.0877. The normalized spacial score (nSPS) is 16.1. The average Bonchev–Trinajstić information content (AvgIpc) is 2.45. The number of amides is 1. The molecular weight excluding hydrogens is 264 g/mol. The Kier molecular flexibility index (Phi) is 5.43. The fourth-order valence-corrected chi connectivity index (χ4v) is 2.21. The van der Waals surface area contributed by atoms with E-state index in [0.717, 1.165) is 38.8 Å². The highest BCUT2D eigenvalue weighted by Crippen LogP contribution is 2.11. The standard InChI is InChI=1S/C14H19F2N3O/c15-12-3-1-2-11(14(12)16)10-13(20)18-6-9-19-7-4-17-5-8-19/h1-3,17H,4-10H2,(H,18,20). The fraction of sp³-hybridized carbons (Fsp3) is 0.500. The number of nitrogens with zero attached hydrogens (tertiary/aromatic N) is 1. The molecule has 0 radical (unpaired) electrons. The molecule has 0 aromatic heterocycles. The summed E-state index contributed by atoms with van der Waals surface area (Å²) < 4.78 is 26.4. The van der Waals surface area contributed by atoms with Gasteiger partial charge >= 0.3 is 0 Å². The maximum absolute atomic E-state index is 13.4. The van der Waals surface area contributed by atoms with Gasteiger partial charge < -0.3 is 10.6 Å². The molecule has 1 saturated heterocycles. The van der Waals surface area contributed by atoms with Crippen molar-refractivity contribution in [3.05, 3.63) is 35.4 Å². The van der Waals surface area contributed by atoms with Crippen LogP contribution in [0.15, 0.2) is 18.2 Å². The van der Waals surface area contributed by atoms with Gasteiger partial charge in [0.25, 0.3) is 0 Å². The summed E-state index contributed by atoms with van der Waals surface area (Å²) in [4.78, 5) is 13.9. The quantitative estimate of drug-likeness (QED) is 0.828. The second kappa shape index (κ2) is 7.31. The van der Waals surface area contributed by atoms with Crippen LogP contribution in [0.3, 0.4) is 0 Å². The van der Waals surface area contributed by atoms with Gasteiger partial charge in [-0.2, -0.15) is 0 Å². The van der Waals surface area contributed by atoms with Crippen LogP contribution < -0.4 is 10.6 Å². The number of hydrogen-bond donors (Lipinski definition) is 2. The van der Waals surface area contributed by atoms with E-state index >= 15 is 0 Å². The van der Waals surface area contributed by atoms with Gasteiger partial charge in [-0.3, -0.25) is 9.69 Å². The van der Waals surface area contributed by atoms with Crippen molar-refractivity contribution in [1.29, 1.82) is 0 Å². The highest BCUT2D eigenvalue weighted by Gasteiger charge is 2.12. The van der Waals surface area contributed by atoms with E-state index in [1.54, 1.807) is 0 Å². The number of rotatable bonds is 5. The highest BCUT2D eigenvalue weighted by molar-refractivity contribution is 5.78. The number of piperazine rings is 1. The van der Waals surface area contributed by atoms with Gasteiger partial charge in [0, 0.05) is 44.8 Å². The molecule has 2 N–H and O–H groups in total. The van der Waals surface area contributed by atoms with Gasteiger partial charge in [0.2, 0.25) is 5.91 Å². The Balaban J connectivity index is 1.73. The van der Waals surface area contributed by atoms with E-state index in [0.29, 0.717) is 6.54 Å². The molecule has 0 unspecified atom stereocenters. The summed E-state index contributed by atoms with van der Waals surface area (Å²) in [5.74, 6) is -2.15. The van der Waals surface area contributed by atoms with Gasteiger partial charge in [-0.05, 0) is 6.07 Å². The second-order valence-electron chi connectivity index (χ2n) is 4.83. The van der Waals surface area contributed by atoms with Crippen LogP contribution in [0.2, 0.25) is 0 Å². The van der Waals surface area contributed by atoms with E-state index < -0.39 is 11.6 Å². The van der Waals surface area contributed by atoms with Crippen molar-refractivity contribution in [3.63, 3.8) is 0 Å². The molecule has 0 atom stereocenters. The van der Waals surface area contributed by atoms with Gasteiger partial charge in [-0.15, -0.1) is 0 Å². The summed E-state index contributed by atoms with van der Waals surface area (Å²) >= 11 is 0. The maximum atomic E-state index is 13.4. The Morgan fingerprint density at radius 2 is 2.05 bits per heavy atom. The largest absolute Gasteiger partial charge is 0.355 e. The maximum Gasteiger partial charge on any atom is 0.224 e. The van der Waals surface area contributed by atoms with Gasteiger partial charge in [0.15, 0.2) is 11.6 Å². The highest BCUT2D eigenvalue weighted by atomic mass is 19.2. The number of halogens is 2. The van der Waals surface area contributed by atoms with Crippen LogP contribution in [0.25, 0.3) is 0 Å². The molecule has 2 rings (SSSR count). The van der Waals surface area contributed by atoms with Gasteiger partial charge in [0.05, 0.1) is 6.42 Å². The van der Waals surface area contributed by atoms with E-state index in [-0.39, 0.29) is 17.9 Å². The molecule has 1 aromatic rings. The molecule has 4 nitrogen and oxygen atoms in total. The number of benzene rings is 1. The summed E-state index contributed by atoms with van der Waals surface area (Å²) in [6.45, 7) is 5.16. The third kappa shape index (κ3) is 4.25. The van der Waals surface area contributed by atoms with Crippen molar-refractivity contribution >= 4 is 5.91 Å². The predicted octanol–water partition coefficient (Wildman–Crippen LogP) is 0.529. The van der Waals surface area contributed by atoms with Crippen LogP contribution in [-0.4, -0.2) is 50.1 Å². The lowest BCUT2D eigenvalue weighted by molar-refractivity contribution is -0.120. The Morgan fingerprint density at radius 1 is 1.30 bits per heavy atom. The molecule has 1 heterocycles. The van der Waals surface area contributed by atoms with Crippen molar-refractivity contribution in [2.75, 3.05) is 39.3 Å². The zero-order valence-corrected chi connectivity index (χ0v) is 11.3. The van der Waals surface area contributed by atoms with Crippen LogP contribution in [0.1, 0.15) is 5.56 Å². The molecule has 20 heavy (non-hydrogen) atoms. The molecule has 6 heteroatoms. The number of carbonyl (C=O) groups excluding carboxylic acids is 1. The monoisotopic (exact) mass is 283 g/mol. The minimum Gasteiger partial charge on any atom is -0.355 e. The summed E-state index contributed by atoms with van der Waals surface area (Å²) in [6.07, 6.45) is -0.134. The van der Waals surface area contributed by atoms with Gasteiger partial charge in [0.1, 0.15) is 0 Å². The van der Waals surface area contributed by atoms with E-state index in [9.17, 15) is 13.6 Å². The Morgan fingerprint density at radius 3 is 2.80 bits per heavy atom. The van der Waals surface area contributed by atoms with Crippen LogP contribution >= 0.6 is 0 Å². The summed E-state index contributed by atoms with van der Waals surface area (Å²) in [6, 6.07) is 3.87. The zero-order chi connectivity index (χ0) is 14.4. The minimum atomic E-state index is -0.940. The summed E-state index contributed by atoms with van der Waals surface area (Å²) in [5, 5.41) is 5.99. The van der Waals surface area contributed by atoms with Crippen molar-refractivity contribution in [3.8, 4) is 0 Å². The Hall–Kier alpha value is -1.53. The van der Waals surface area contributed by atoms with Gasteiger partial charge in [-0.1, -0.05) is 12.1 Å². The molecule has 0 spiro atoms. The van der Waals surface area contributed by atoms with Crippen LogP contribution in [0.4, 0.5) is 8.78 Å². The molecule has 1 fully saturated rings. The Bertz CT molecular complexity index is 462. The lowest BCUT2D eigenvalue weighted by Crippen LogP contribution is -2.46. The van der Waals surface area contributed by atoms with Crippen LogP contribution in [0.5, 0.6) is 0 Å². The van der Waals surface area contributed by atoms with Crippen molar-refractivity contribution in [1.82, 2.24) is 15.5 Å². The molecule has 1 aliphatic rings. The molecule has 110 valence electrons. The van der Waals surface area contributed by atoms with E-state index in [1.165, 1.54) is 12.1 Å². The molecule has 1 aliphatic heterocycles. The van der Waals surface area contributed by atoms with E-state index in [2.05, 4.69) is 15.5 Å². The lowest BCUT2D eigenvalue weighted by atomic mass is 10.1. The van der Waals surface area contributed by atoms with E-state index in [1.807, 2.05) is 0 Å². The first-order chi connectivity index (χ1) is 9.66. The minimum absolute atomic E-state index is 0.0877. The third-order valence-electron chi connectivity index (χ3n) is 3.34. The van der Waals surface area contributed by atoms with Crippen LogP contribution in [-0.2, 0) is 11.2 Å². The van der Waals surface area contributed by atoms with Crippen molar-refractivity contribution < 1.29 is 13.6 Å². The van der Waals surface area contributed by atoms with Crippen molar-refractivity contribution in [2.24, 2.45) is 0 Å². The number of hydrogen-bond acceptors (Lipinski definition) is 3. The number of carbonyl (C=O) groups is 1. The predicted molar refractivity (Wildman–Crippen MR) is 72.4 cm³/mol. The topological polar surface area (TPSA) is 44.4 Å². The first-order valence-corrected chi connectivity index (χ1v) is 6.79. The van der Waals surface area contributed by atoms with Gasteiger partial charge in [-0.25, -0.2) is 8.78 Å². The smallest absolute Gasteiger partial charge is 0.224 e. The fourth-order valence-electron chi connectivity index (χ4n) is 2.21. The zero-order valence-electron chi connectivity index (χ0n) is 11.3. The molecule has 0 aliphatic carbocycles. The number of nitrogens with one attached hydrogen (secondary N) is 2. The molecule has 1 amide bonds. The first-order valence-electron chi connectivity index (χ1n) is 6.79. The third-order valence-corrected chi connectivity index (χ3v) is 3.34. The molecular formula is C14H19F2N3O.